The standard InChI is InChI=1S/C28H30O5S/c1-4-31-25-12-8-6-10-23(25)22(24-11-7-9-13-26(24)32-5-2)16-17-34-27-15-14-21(18-20(27)3)33-19-28(29)30/h6-16,18H,4-5,17,19H2,1-3H3,(H,29,30). The van der Waals surface area contributed by atoms with E-state index < -0.39 is 5.97 Å². The number of carbonyl (C=O) groups is 1. The van der Waals surface area contributed by atoms with E-state index in [0.29, 0.717) is 19.0 Å². The van der Waals surface area contributed by atoms with Gasteiger partial charge in [0, 0.05) is 21.8 Å². The number of para-hydroxylation sites is 2. The van der Waals surface area contributed by atoms with E-state index in [2.05, 4.69) is 18.2 Å². The van der Waals surface area contributed by atoms with Crippen molar-refractivity contribution in [3.05, 3.63) is 89.5 Å². The number of carboxylic acids is 1. The molecule has 0 fully saturated rings. The van der Waals surface area contributed by atoms with Crippen molar-refractivity contribution in [2.75, 3.05) is 25.6 Å². The summed E-state index contributed by atoms with van der Waals surface area (Å²) in [4.78, 5) is 11.8. The number of ether oxygens (including phenoxy) is 3. The zero-order valence-corrected chi connectivity index (χ0v) is 20.6. The van der Waals surface area contributed by atoms with Gasteiger partial charge in [-0.15, -0.1) is 11.8 Å². The Bertz CT molecular complexity index is 1090. The lowest BCUT2D eigenvalue weighted by Crippen LogP contribution is -2.09. The highest BCUT2D eigenvalue weighted by molar-refractivity contribution is 7.99. The molecule has 0 aliphatic rings. The van der Waals surface area contributed by atoms with Crippen LogP contribution in [0.25, 0.3) is 5.57 Å². The van der Waals surface area contributed by atoms with E-state index in [1.165, 1.54) is 0 Å². The van der Waals surface area contributed by atoms with Crippen molar-refractivity contribution < 1.29 is 24.1 Å². The lowest BCUT2D eigenvalue weighted by molar-refractivity contribution is -0.139. The summed E-state index contributed by atoms with van der Waals surface area (Å²) in [5, 5.41) is 8.81. The molecule has 0 spiro atoms. The number of carboxylic acid groups (broad SMARTS) is 1. The Morgan fingerprint density at radius 2 is 1.47 bits per heavy atom. The fourth-order valence-electron chi connectivity index (χ4n) is 3.54. The van der Waals surface area contributed by atoms with Crippen LogP contribution in [0.4, 0.5) is 0 Å². The SMILES string of the molecule is CCOc1ccccc1C(=CCSc1ccc(OCC(=O)O)cc1C)c1ccccc1OCC. The molecule has 5 nitrogen and oxygen atoms in total. The smallest absolute Gasteiger partial charge is 0.341 e. The lowest BCUT2D eigenvalue weighted by atomic mass is 9.96. The van der Waals surface area contributed by atoms with Gasteiger partial charge < -0.3 is 19.3 Å². The summed E-state index contributed by atoms with van der Waals surface area (Å²) < 4.78 is 17.1. The molecule has 34 heavy (non-hydrogen) atoms. The average Bonchev–Trinajstić information content (AvgIpc) is 2.83. The van der Waals surface area contributed by atoms with Gasteiger partial charge in [-0.25, -0.2) is 4.79 Å². The van der Waals surface area contributed by atoms with Gasteiger partial charge in [-0.2, -0.15) is 0 Å². The first-order valence-electron chi connectivity index (χ1n) is 11.3. The molecule has 0 aliphatic carbocycles. The number of thioether (sulfide) groups is 1. The van der Waals surface area contributed by atoms with Crippen LogP contribution in [0.2, 0.25) is 0 Å². The largest absolute Gasteiger partial charge is 0.493 e. The van der Waals surface area contributed by atoms with Gasteiger partial charge in [0.1, 0.15) is 17.2 Å². The lowest BCUT2D eigenvalue weighted by Gasteiger charge is -2.17. The third kappa shape index (κ3) is 6.81. The Balaban J connectivity index is 1.91. The molecular formula is C28H30O5S. The molecular weight excluding hydrogens is 448 g/mol. The molecule has 3 rings (SSSR count). The van der Waals surface area contributed by atoms with Crippen LogP contribution in [0.5, 0.6) is 17.2 Å². The molecule has 0 aromatic heterocycles. The summed E-state index contributed by atoms with van der Waals surface area (Å²) in [6.07, 6.45) is 2.20. The summed E-state index contributed by atoms with van der Waals surface area (Å²) in [6.45, 7) is 6.78. The monoisotopic (exact) mass is 478 g/mol. The first kappa shape index (κ1) is 25.2. The molecule has 0 saturated carbocycles. The molecule has 1 N–H and O–H groups in total. The topological polar surface area (TPSA) is 65.0 Å². The zero-order valence-electron chi connectivity index (χ0n) is 19.7. The van der Waals surface area contributed by atoms with Gasteiger partial charge in [0.15, 0.2) is 6.61 Å². The third-order valence-electron chi connectivity index (χ3n) is 4.99. The molecule has 0 bridgehead atoms. The molecule has 3 aromatic carbocycles. The molecule has 0 amide bonds. The van der Waals surface area contributed by atoms with E-state index in [4.69, 9.17) is 19.3 Å². The Hall–Kier alpha value is -3.38. The first-order chi connectivity index (χ1) is 16.5. The van der Waals surface area contributed by atoms with Crippen molar-refractivity contribution in [3.63, 3.8) is 0 Å². The Kier molecular flexibility index (Phi) is 9.47. The number of aryl methyl sites for hydroxylation is 1. The molecule has 0 saturated heterocycles. The third-order valence-corrected chi connectivity index (χ3v) is 6.09. The van der Waals surface area contributed by atoms with E-state index in [9.17, 15) is 4.79 Å². The van der Waals surface area contributed by atoms with Gasteiger partial charge in [0.2, 0.25) is 0 Å². The average molecular weight is 479 g/mol. The maximum Gasteiger partial charge on any atom is 0.341 e. The highest BCUT2D eigenvalue weighted by Gasteiger charge is 2.15. The highest BCUT2D eigenvalue weighted by atomic mass is 32.2. The number of aliphatic carboxylic acids is 1. The quantitative estimate of drug-likeness (QED) is 0.301. The van der Waals surface area contributed by atoms with E-state index in [0.717, 1.165) is 44.4 Å². The van der Waals surface area contributed by atoms with Crippen molar-refractivity contribution >= 4 is 23.3 Å². The number of hydrogen-bond donors (Lipinski definition) is 1. The minimum atomic E-state index is -0.992. The van der Waals surface area contributed by atoms with Crippen molar-refractivity contribution in [1.82, 2.24) is 0 Å². The van der Waals surface area contributed by atoms with Crippen LogP contribution in [0.1, 0.15) is 30.5 Å². The van der Waals surface area contributed by atoms with Gasteiger partial charge in [0.25, 0.3) is 0 Å². The first-order valence-corrected chi connectivity index (χ1v) is 12.2. The number of benzene rings is 3. The second kappa shape index (κ2) is 12.8. The second-order valence-electron chi connectivity index (χ2n) is 7.40. The molecule has 6 heteroatoms. The molecule has 0 radical (unpaired) electrons. The summed E-state index contributed by atoms with van der Waals surface area (Å²) in [5.41, 5.74) is 4.13. The Morgan fingerprint density at radius 1 is 0.882 bits per heavy atom. The van der Waals surface area contributed by atoms with E-state index in [1.807, 2.05) is 69.3 Å². The van der Waals surface area contributed by atoms with Gasteiger partial charge in [-0.05, 0) is 62.2 Å². The number of hydrogen-bond acceptors (Lipinski definition) is 5. The van der Waals surface area contributed by atoms with Crippen LogP contribution in [-0.2, 0) is 4.79 Å². The van der Waals surface area contributed by atoms with Crippen LogP contribution in [0.15, 0.2) is 77.7 Å². The molecule has 0 unspecified atom stereocenters. The predicted octanol–water partition coefficient (Wildman–Crippen LogP) is 6.48. The fraction of sp³-hybridized carbons (Fsp3) is 0.250. The van der Waals surface area contributed by atoms with E-state index >= 15 is 0 Å². The maximum atomic E-state index is 10.7. The van der Waals surface area contributed by atoms with Crippen molar-refractivity contribution in [3.8, 4) is 17.2 Å². The molecule has 0 heterocycles. The van der Waals surface area contributed by atoms with Crippen LogP contribution in [0.3, 0.4) is 0 Å². The van der Waals surface area contributed by atoms with Crippen molar-refractivity contribution in [2.45, 2.75) is 25.7 Å². The normalized spacial score (nSPS) is 10.4. The molecule has 178 valence electrons. The summed E-state index contributed by atoms with van der Waals surface area (Å²) in [5.74, 6) is 1.96. The Labute approximate surface area is 205 Å². The second-order valence-corrected chi connectivity index (χ2v) is 8.46. The summed E-state index contributed by atoms with van der Waals surface area (Å²) >= 11 is 1.71. The maximum absolute atomic E-state index is 10.7. The minimum absolute atomic E-state index is 0.351. The van der Waals surface area contributed by atoms with Crippen LogP contribution in [0, 0.1) is 6.92 Å². The molecule has 3 aromatic rings. The Morgan fingerprint density at radius 3 is 2.00 bits per heavy atom. The van der Waals surface area contributed by atoms with Gasteiger partial charge in [0.05, 0.1) is 13.2 Å². The van der Waals surface area contributed by atoms with Gasteiger partial charge in [-0.1, -0.05) is 42.5 Å². The highest BCUT2D eigenvalue weighted by Crippen LogP contribution is 2.37. The van der Waals surface area contributed by atoms with Crippen molar-refractivity contribution in [1.29, 1.82) is 0 Å². The molecule has 0 aliphatic heterocycles. The number of rotatable bonds is 12. The van der Waals surface area contributed by atoms with Crippen molar-refractivity contribution in [2.24, 2.45) is 0 Å². The summed E-state index contributed by atoms with van der Waals surface area (Å²) in [6, 6.07) is 21.7. The summed E-state index contributed by atoms with van der Waals surface area (Å²) in [7, 11) is 0. The predicted molar refractivity (Wildman–Crippen MR) is 137 cm³/mol. The van der Waals surface area contributed by atoms with E-state index in [-0.39, 0.29) is 6.61 Å². The van der Waals surface area contributed by atoms with Gasteiger partial charge >= 0.3 is 5.97 Å². The van der Waals surface area contributed by atoms with Crippen LogP contribution < -0.4 is 14.2 Å². The van der Waals surface area contributed by atoms with E-state index in [1.54, 1.807) is 17.8 Å². The zero-order chi connectivity index (χ0) is 24.3. The minimum Gasteiger partial charge on any atom is -0.493 e. The fourth-order valence-corrected chi connectivity index (χ4v) is 4.42. The van der Waals surface area contributed by atoms with Crippen LogP contribution >= 0.6 is 11.8 Å². The van der Waals surface area contributed by atoms with Gasteiger partial charge in [-0.3, -0.25) is 0 Å². The van der Waals surface area contributed by atoms with Crippen LogP contribution in [-0.4, -0.2) is 36.6 Å². The molecule has 0 atom stereocenters.